The summed E-state index contributed by atoms with van der Waals surface area (Å²) in [6.45, 7) is 1.26. The molecule has 0 bridgehead atoms. The van der Waals surface area contributed by atoms with E-state index in [0.717, 1.165) is 19.4 Å². The molecule has 3 N–H and O–H groups in total. The van der Waals surface area contributed by atoms with Crippen molar-refractivity contribution >= 4 is 5.97 Å². The Hall–Kier alpha value is -0.650. The fourth-order valence-corrected chi connectivity index (χ4v) is 1.88. The van der Waals surface area contributed by atoms with Gasteiger partial charge < -0.3 is 15.3 Å². The monoisotopic (exact) mass is 203 g/mol. The lowest BCUT2D eigenvalue weighted by atomic mass is 10.2. The summed E-state index contributed by atoms with van der Waals surface area (Å²) in [6, 6.07) is 0.0958. The van der Waals surface area contributed by atoms with Crippen molar-refractivity contribution in [3.8, 4) is 0 Å². The number of carboxylic acids is 1. The van der Waals surface area contributed by atoms with Gasteiger partial charge in [-0.2, -0.15) is 0 Å². The molecule has 0 spiro atoms. The molecule has 0 radical (unpaired) electrons. The van der Waals surface area contributed by atoms with Crippen LogP contribution in [0.5, 0.6) is 0 Å². The van der Waals surface area contributed by atoms with Crippen molar-refractivity contribution in [3.05, 3.63) is 0 Å². The van der Waals surface area contributed by atoms with E-state index in [0.29, 0.717) is 6.54 Å². The lowest BCUT2D eigenvalue weighted by Crippen LogP contribution is -2.38. The molecule has 0 aromatic carbocycles. The van der Waals surface area contributed by atoms with Crippen LogP contribution in [0.25, 0.3) is 0 Å². The van der Waals surface area contributed by atoms with Gasteiger partial charge in [-0.3, -0.25) is 9.69 Å². The average molecular weight is 203 g/mol. The summed E-state index contributed by atoms with van der Waals surface area (Å²) in [4.78, 5) is 12.3. The maximum Gasteiger partial charge on any atom is 0.306 e. The first-order valence-electron chi connectivity index (χ1n) is 4.88. The van der Waals surface area contributed by atoms with Crippen LogP contribution >= 0.6 is 0 Å². The van der Waals surface area contributed by atoms with Crippen LogP contribution in [-0.4, -0.2) is 58.0 Å². The summed E-state index contributed by atoms with van der Waals surface area (Å²) in [5, 5.41) is 26.8. The molecule has 1 fully saturated rings. The molecular formula is C9H17NO4. The second-order valence-electron chi connectivity index (χ2n) is 3.73. The van der Waals surface area contributed by atoms with Gasteiger partial charge in [0.15, 0.2) is 0 Å². The number of carbonyl (C=O) groups is 1. The van der Waals surface area contributed by atoms with E-state index >= 15 is 0 Å². The van der Waals surface area contributed by atoms with Crippen LogP contribution in [0.15, 0.2) is 0 Å². The van der Waals surface area contributed by atoms with Gasteiger partial charge in [0.1, 0.15) is 0 Å². The number of aliphatic carboxylic acids is 1. The number of aliphatic hydroxyl groups is 2. The van der Waals surface area contributed by atoms with E-state index in [-0.39, 0.29) is 19.1 Å². The Morgan fingerprint density at radius 2 is 2.29 bits per heavy atom. The number of hydrogen-bond acceptors (Lipinski definition) is 4. The Balaban J connectivity index is 2.31. The largest absolute Gasteiger partial charge is 0.481 e. The van der Waals surface area contributed by atoms with Crippen molar-refractivity contribution in [1.82, 2.24) is 4.90 Å². The normalized spacial score (nSPS) is 25.1. The summed E-state index contributed by atoms with van der Waals surface area (Å²) in [5.74, 6) is -0.989. The van der Waals surface area contributed by atoms with E-state index < -0.39 is 12.1 Å². The standard InChI is InChI=1S/C9H17NO4/c11-6-7-2-1-3-10(7)5-8(12)4-9(13)14/h7-8,11-12H,1-6H2,(H,13,14). The highest BCUT2D eigenvalue weighted by Crippen LogP contribution is 2.17. The van der Waals surface area contributed by atoms with Gasteiger partial charge in [-0.05, 0) is 19.4 Å². The minimum absolute atomic E-state index is 0.0831. The zero-order valence-corrected chi connectivity index (χ0v) is 8.09. The molecular weight excluding hydrogens is 186 g/mol. The van der Waals surface area contributed by atoms with Gasteiger partial charge in [-0.1, -0.05) is 0 Å². The molecule has 0 amide bonds. The number of β-amino-alcohol motifs (C(OH)–C–C–N with tert-alkyl or cyclic N) is 1. The van der Waals surface area contributed by atoms with Crippen molar-refractivity contribution in [1.29, 1.82) is 0 Å². The lowest BCUT2D eigenvalue weighted by Gasteiger charge is -2.24. The lowest BCUT2D eigenvalue weighted by molar-refractivity contribution is -0.139. The minimum atomic E-state index is -0.989. The number of likely N-dealkylation sites (tertiary alicyclic amines) is 1. The van der Waals surface area contributed by atoms with Crippen LogP contribution in [0.1, 0.15) is 19.3 Å². The second kappa shape index (κ2) is 5.29. The SMILES string of the molecule is O=C(O)CC(O)CN1CCCC1CO. The molecule has 14 heavy (non-hydrogen) atoms. The number of hydrogen-bond donors (Lipinski definition) is 3. The van der Waals surface area contributed by atoms with Crippen molar-refractivity contribution in [2.45, 2.75) is 31.4 Å². The van der Waals surface area contributed by atoms with Gasteiger partial charge in [0.2, 0.25) is 0 Å². The smallest absolute Gasteiger partial charge is 0.306 e. The summed E-state index contributed by atoms with van der Waals surface area (Å²) < 4.78 is 0. The second-order valence-corrected chi connectivity index (χ2v) is 3.73. The third-order valence-electron chi connectivity index (χ3n) is 2.57. The summed E-state index contributed by atoms with van der Waals surface area (Å²) in [6.07, 6.45) is 0.871. The quantitative estimate of drug-likeness (QED) is 0.549. The third-order valence-corrected chi connectivity index (χ3v) is 2.57. The van der Waals surface area contributed by atoms with E-state index in [2.05, 4.69) is 0 Å². The molecule has 5 nitrogen and oxygen atoms in total. The summed E-state index contributed by atoms with van der Waals surface area (Å²) in [5.41, 5.74) is 0. The molecule has 1 aliphatic heterocycles. The van der Waals surface area contributed by atoms with Gasteiger partial charge >= 0.3 is 5.97 Å². The predicted molar refractivity (Wildman–Crippen MR) is 49.9 cm³/mol. The highest BCUT2D eigenvalue weighted by Gasteiger charge is 2.25. The van der Waals surface area contributed by atoms with Crippen molar-refractivity contribution in [3.63, 3.8) is 0 Å². The van der Waals surface area contributed by atoms with E-state index in [1.54, 1.807) is 0 Å². The highest BCUT2D eigenvalue weighted by molar-refractivity contribution is 5.67. The fraction of sp³-hybridized carbons (Fsp3) is 0.889. The Morgan fingerprint density at radius 3 is 2.86 bits per heavy atom. The third kappa shape index (κ3) is 3.25. The van der Waals surface area contributed by atoms with Crippen LogP contribution in [0, 0.1) is 0 Å². The van der Waals surface area contributed by atoms with E-state index in [1.807, 2.05) is 4.90 Å². The van der Waals surface area contributed by atoms with Crippen molar-refractivity contribution < 1.29 is 20.1 Å². The van der Waals surface area contributed by atoms with E-state index in [9.17, 15) is 9.90 Å². The highest BCUT2D eigenvalue weighted by atomic mass is 16.4. The van der Waals surface area contributed by atoms with Crippen molar-refractivity contribution in [2.24, 2.45) is 0 Å². The van der Waals surface area contributed by atoms with Crippen LogP contribution < -0.4 is 0 Å². The minimum Gasteiger partial charge on any atom is -0.481 e. The predicted octanol–water partition coefficient (Wildman–Crippen LogP) is -0.721. The fourth-order valence-electron chi connectivity index (χ4n) is 1.88. The van der Waals surface area contributed by atoms with Gasteiger partial charge in [0.25, 0.3) is 0 Å². The Morgan fingerprint density at radius 1 is 1.57 bits per heavy atom. The van der Waals surface area contributed by atoms with E-state index in [1.165, 1.54) is 0 Å². The molecule has 1 aliphatic rings. The molecule has 0 aromatic rings. The molecule has 5 heteroatoms. The zero-order chi connectivity index (χ0) is 10.6. The first-order valence-corrected chi connectivity index (χ1v) is 4.88. The van der Waals surface area contributed by atoms with Gasteiger partial charge in [0, 0.05) is 12.6 Å². The number of nitrogens with zero attached hydrogens (tertiary/aromatic N) is 1. The molecule has 2 atom stereocenters. The van der Waals surface area contributed by atoms with Crippen LogP contribution in [0.4, 0.5) is 0 Å². The zero-order valence-electron chi connectivity index (χ0n) is 8.09. The number of rotatable bonds is 5. The molecule has 1 rings (SSSR count). The Labute approximate surface area is 83.0 Å². The molecule has 0 aromatic heterocycles. The summed E-state index contributed by atoms with van der Waals surface area (Å²) in [7, 11) is 0. The molecule has 2 unspecified atom stereocenters. The Kier molecular flexibility index (Phi) is 4.31. The van der Waals surface area contributed by atoms with Gasteiger partial charge in [-0.25, -0.2) is 0 Å². The topological polar surface area (TPSA) is 81.0 Å². The molecule has 82 valence electrons. The first-order chi connectivity index (χ1) is 6.63. The first kappa shape index (κ1) is 11.4. The van der Waals surface area contributed by atoms with Crippen LogP contribution in [0.2, 0.25) is 0 Å². The van der Waals surface area contributed by atoms with E-state index in [4.69, 9.17) is 10.2 Å². The molecule has 1 heterocycles. The number of carboxylic acid groups (broad SMARTS) is 1. The summed E-state index contributed by atoms with van der Waals surface area (Å²) >= 11 is 0. The van der Waals surface area contributed by atoms with Gasteiger partial charge in [0.05, 0.1) is 19.1 Å². The van der Waals surface area contributed by atoms with Crippen LogP contribution in [-0.2, 0) is 4.79 Å². The van der Waals surface area contributed by atoms with Crippen molar-refractivity contribution in [2.75, 3.05) is 19.7 Å². The number of aliphatic hydroxyl groups excluding tert-OH is 2. The molecule has 0 aliphatic carbocycles. The molecule has 0 saturated carbocycles. The maximum absolute atomic E-state index is 10.3. The maximum atomic E-state index is 10.3. The average Bonchev–Trinajstić information content (AvgIpc) is 2.50. The Bertz CT molecular complexity index is 197. The van der Waals surface area contributed by atoms with Gasteiger partial charge in [-0.15, -0.1) is 0 Å². The van der Waals surface area contributed by atoms with Crippen LogP contribution in [0.3, 0.4) is 0 Å². The molecule has 1 saturated heterocycles.